The molecular weight excluding hydrogens is 634 g/mol. The van der Waals surface area contributed by atoms with E-state index in [1.54, 1.807) is 18.2 Å². The van der Waals surface area contributed by atoms with Crippen molar-refractivity contribution in [2.45, 2.75) is 32.9 Å². The van der Waals surface area contributed by atoms with Gasteiger partial charge in [-0.2, -0.15) is 0 Å². The zero-order valence-electron chi connectivity index (χ0n) is 21.5. The predicted octanol–water partition coefficient (Wildman–Crippen LogP) is 5.06. The Morgan fingerprint density at radius 3 is 2.18 bits per heavy atom. The van der Waals surface area contributed by atoms with Gasteiger partial charge < -0.3 is 10.2 Å². The lowest BCUT2D eigenvalue weighted by molar-refractivity contribution is -0.140. The van der Waals surface area contributed by atoms with Crippen LogP contribution in [-0.4, -0.2) is 50.5 Å². The van der Waals surface area contributed by atoms with Crippen molar-refractivity contribution in [2.24, 2.45) is 0 Å². The first-order chi connectivity index (χ1) is 18.0. The number of halogens is 2. The smallest absolute Gasteiger partial charge is 0.244 e. The molecule has 1 atom stereocenters. The first kappa shape index (κ1) is 29.9. The van der Waals surface area contributed by atoms with Gasteiger partial charge in [0.05, 0.1) is 11.9 Å². The SMILES string of the molecule is CCNC(=O)C(Cc1ccccc1)N(Cc1ccc(Br)cc1)C(=O)CN(c1ccc(Br)c(C)c1)S(C)(=O)=O. The largest absolute Gasteiger partial charge is 0.355 e. The maximum atomic E-state index is 14.0. The molecule has 0 fully saturated rings. The lowest BCUT2D eigenvalue weighted by atomic mass is 10.0. The maximum Gasteiger partial charge on any atom is 0.244 e. The fourth-order valence-electron chi connectivity index (χ4n) is 4.03. The fourth-order valence-corrected chi connectivity index (χ4v) is 5.38. The predicted molar refractivity (Wildman–Crippen MR) is 158 cm³/mol. The molecule has 0 aliphatic carbocycles. The highest BCUT2D eigenvalue weighted by Gasteiger charge is 2.32. The molecular formula is C28H31Br2N3O4S. The Morgan fingerprint density at radius 1 is 0.947 bits per heavy atom. The highest BCUT2D eigenvalue weighted by Crippen LogP contribution is 2.25. The monoisotopic (exact) mass is 663 g/mol. The van der Waals surface area contributed by atoms with Crippen LogP contribution < -0.4 is 9.62 Å². The van der Waals surface area contributed by atoms with Crippen LogP contribution in [-0.2, 0) is 32.6 Å². The number of amides is 2. The van der Waals surface area contributed by atoms with Crippen LogP contribution >= 0.6 is 31.9 Å². The number of hydrogen-bond donors (Lipinski definition) is 1. The summed E-state index contributed by atoms with van der Waals surface area (Å²) in [6.07, 6.45) is 1.35. The Kier molecular flexibility index (Phi) is 10.5. The quantitative estimate of drug-likeness (QED) is 0.311. The number of anilines is 1. The second-order valence-electron chi connectivity index (χ2n) is 8.95. The third-order valence-electron chi connectivity index (χ3n) is 6.00. The van der Waals surface area contributed by atoms with Gasteiger partial charge in [0.25, 0.3) is 0 Å². The molecule has 0 saturated heterocycles. The van der Waals surface area contributed by atoms with Crippen LogP contribution in [0.1, 0.15) is 23.6 Å². The first-order valence-electron chi connectivity index (χ1n) is 12.1. The topological polar surface area (TPSA) is 86.8 Å². The van der Waals surface area contributed by atoms with Gasteiger partial charge in [-0.3, -0.25) is 13.9 Å². The number of likely N-dealkylation sites (N-methyl/N-ethyl adjacent to an activating group) is 1. The summed E-state index contributed by atoms with van der Waals surface area (Å²) in [5.74, 6) is -0.779. The van der Waals surface area contributed by atoms with E-state index in [1.807, 2.05) is 68.4 Å². The molecule has 1 N–H and O–H groups in total. The zero-order chi connectivity index (χ0) is 27.9. The number of nitrogens with one attached hydrogen (secondary N) is 1. The van der Waals surface area contributed by atoms with Crippen LogP contribution in [0.15, 0.2) is 81.7 Å². The van der Waals surface area contributed by atoms with Crippen molar-refractivity contribution in [3.8, 4) is 0 Å². The van der Waals surface area contributed by atoms with Crippen molar-refractivity contribution in [3.63, 3.8) is 0 Å². The summed E-state index contributed by atoms with van der Waals surface area (Å²) in [6.45, 7) is 3.76. The van der Waals surface area contributed by atoms with Crippen LogP contribution in [0.2, 0.25) is 0 Å². The van der Waals surface area contributed by atoms with E-state index in [2.05, 4.69) is 37.2 Å². The molecule has 0 aliphatic rings. The first-order valence-corrected chi connectivity index (χ1v) is 15.5. The molecule has 0 saturated carbocycles. The molecule has 0 radical (unpaired) electrons. The number of carbonyl (C=O) groups excluding carboxylic acids is 2. The molecule has 1 unspecified atom stereocenters. The van der Waals surface area contributed by atoms with E-state index >= 15 is 0 Å². The third kappa shape index (κ3) is 8.15. The van der Waals surface area contributed by atoms with Crippen LogP contribution in [0.3, 0.4) is 0 Å². The lowest BCUT2D eigenvalue weighted by Crippen LogP contribution is -2.53. The number of benzene rings is 3. The summed E-state index contributed by atoms with van der Waals surface area (Å²) in [4.78, 5) is 28.8. The van der Waals surface area contributed by atoms with E-state index in [9.17, 15) is 18.0 Å². The summed E-state index contributed by atoms with van der Waals surface area (Å²) < 4.78 is 28.5. The molecule has 0 heterocycles. The normalized spacial score (nSPS) is 12.0. The van der Waals surface area contributed by atoms with Crippen LogP contribution in [0, 0.1) is 6.92 Å². The highest BCUT2D eigenvalue weighted by molar-refractivity contribution is 9.10. The van der Waals surface area contributed by atoms with Gasteiger partial charge in [0.1, 0.15) is 12.6 Å². The van der Waals surface area contributed by atoms with Crippen molar-refractivity contribution in [1.29, 1.82) is 0 Å². The van der Waals surface area contributed by atoms with Gasteiger partial charge in [0.15, 0.2) is 0 Å². The van der Waals surface area contributed by atoms with E-state index in [0.717, 1.165) is 36.2 Å². The number of sulfonamides is 1. The minimum atomic E-state index is -3.81. The number of aryl methyl sites for hydroxylation is 1. The average molecular weight is 665 g/mol. The van der Waals surface area contributed by atoms with Crippen LogP contribution in [0.25, 0.3) is 0 Å². The van der Waals surface area contributed by atoms with Gasteiger partial charge in [-0.25, -0.2) is 8.42 Å². The minimum Gasteiger partial charge on any atom is -0.355 e. The Hall–Kier alpha value is -2.69. The number of nitrogens with zero attached hydrogens (tertiary/aromatic N) is 2. The fraction of sp³-hybridized carbons (Fsp3) is 0.286. The molecule has 3 rings (SSSR count). The Morgan fingerprint density at radius 2 is 1.61 bits per heavy atom. The van der Waals surface area contributed by atoms with Crippen LogP contribution in [0.4, 0.5) is 5.69 Å². The number of carbonyl (C=O) groups is 2. The molecule has 7 nitrogen and oxygen atoms in total. The molecule has 0 spiro atoms. The van der Waals surface area contributed by atoms with Gasteiger partial charge in [0, 0.05) is 28.5 Å². The zero-order valence-corrected chi connectivity index (χ0v) is 25.5. The van der Waals surface area contributed by atoms with E-state index in [4.69, 9.17) is 0 Å². The molecule has 202 valence electrons. The van der Waals surface area contributed by atoms with Gasteiger partial charge in [-0.1, -0.05) is 74.3 Å². The summed E-state index contributed by atoms with van der Waals surface area (Å²) in [7, 11) is -3.81. The van der Waals surface area contributed by atoms with E-state index in [1.165, 1.54) is 4.90 Å². The van der Waals surface area contributed by atoms with Gasteiger partial charge in [-0.15, -0.1) is 0 Å². The summed E-state index contributed by atoms with van der Waals surface area (Å²) in [5, 5.41) is 2.85. The molecule has 3 aromatic rings. The maximum absolute atomic E-state index is 14.0. The standard InChI is InChI=1S/C28H31Br2N3O4S/c1-4-31-28(35)26(17-21-8-6-5-7-9-21)32(18-22-10-12-23(29)13-11-22)27(34)19-33(38(3,36)37)24-14-15-25(30)20(2)16-24/h5-16,26H,4,17-19H2,1-3H3,(H,31,35). The molecule has 2 amide bonds. The number of hydrogen-bond acceptors (Lipinski definition) is 4. The van der Waals surface area contributed by atoms with Gasteiger partial charge in [-0.05, 0) is 60.9 Å². The molecule has 0 bridgehead atoms. The summed E-state index contributed by atoms with van der Waals surface area (Å²) in [5.41, 5.74) is 2.91. The van der Waals surface area contributed by atoms with Crippen molar-refractivity contribution < 1.29 is 18.0 Å². The molecule has 38 heavy (non-hydrogen) atoms. The number of rotatable bonds is 11. The molecule has 0 aromatic heterocycles. The van der Waals surface area contributed by atoms with Crippen LogP contribution in [0.5, 0.6) is 0 Å². The van der Waals surface area contributed by atoms with Crippen molar-refractivity contribution >= 4 is 59.4 Å². The Bertz CT molecular complexity index is 1370. The highest BCUT2D eigenvalue weighted by atomic mass is 79.9. The second kappa shape index (κ2) is 13.4. The second-order valence-corrected chi connectivity index (χ2v) is 12.6. The molecule has 10 heteroatoms. The summed E-state index contributed by atoms with van der Waals surface area (Å²) in [6, 6.07) is 21.2. The minimum absolute atomic E-state index is 0.137. The lowest BCUT2D eigenvalue weighted by Gasteiger charge is -2.33. The van der Waals surface area contributed by atoms with E-state index in [-0.39, 0.29) is 18.9 Å². The van der Waals surface area contributed by atoms with E-state index < -0.39 is 28.5 Å². The average Bonchev–Trinajstić information content (AvgIpc) is 2.87. The molecule has 3 aromatic carbocycles. The third-order valence-corrected chi connectivity index (χ3v) is 8.56. The van der Waals surface area contributed by atoms with Gasteiger partial charge >= 0.3 is 0 Å². The van der Waals surface area contributed by atoms with Gasteiger partial charge in [0.2, 0.25) is 21.8 Å². The van der Waals surface area contributed by atoms with E-state index in [0.29, 0.717) is 12.2 Å². The van der Waals surface area contributed by atoms with Crippen molar-refractivity contribution in [3.05, 3.63) is 98.4 Å². The Labute approximate surface area is 241 Å². The van der Waals surface area contributed by atoms with Crippen molar-refractivity contribution in [1.82, 2.24) is 10.2 Å². The molecule has 0 aliphatic heterocycles. The van der Waals surface area contributed by atoms with Crippen molar-refractivity contribution in [2.75, 3.05) is 23.7 Å². The Balaban J connectivity index is 2.04. The summed E-state index contributed by atoms with van der Waals surface area (Å²) >= 11 is 6.86.